The van der Waals surface area contributed by atoms with E-state index in [1.807, 2.05) is 0 Å². The molecular formula is C12H9N3O4. The van der Waals surface area contributed by atoms with Crippen LogP contribution in [0.3, 0.4) is 0 Å². The minimum atomic E-state index is -1.35. The first kappa shape index (κ1) is 12.5. The molecule has 0 saturated heterocycles. The minimum absolute atomic E-state index is 0.236. The SMILES string of the molecule is NC(=O)c1cccc(-c2cc(C(=O)O)c(=O)[nH]n2)c1. The highest BCUT2D eigenvalue weighted by molar-refractivity contribution is 5.94. The van der Waals surface area contributed by atoms with Crippen LogP contribution in [0.5, 0.6) is 0 Å². The number of hydrogen-bond acceptors (Lipinski definition) is 4. The summed E-state index contributed by atoms with van der Waals surface area (Å²) >= 11 is 0. The summed E-state index contributed by atoms with van der Waals surface area (Å²) in [6.45, 7) is 0. The third-order valence-electron chi connectivity index (χ3n) is 2.48. The summed E-state index contributed by atoms with van der Waals surface area (Å²) < 4.78 is 0. The van der Waals surface area contributed by atoms with E-state index in [0.29, 0.717) is 5.56 Å². The molecular weight excluding hydrogens is 250 g/mol. The molecule has 0 fully saturated rings. The van der Waals surface area contributed by atoms with Gasteiger partial charge in [0.1, 0.15) is 5.56 Å². The Balaban J connectivity index is 2.56. The van der Waals surface area contributed by atoms with Crippen LogP contribution < -0.4 is 11.3 Å². The largest absolute Gasteiger partial charge is 0.477 e. The lowest BCUT2D eigenvalue weighted by atomic mass is 10.1. The number of amides is 1. The molecule has 0 aliphatic heterocycles. The molecule has 0 bridgehead atoms. The molecule has 0 aliphatic carbocycles. The number of rotatable bonds is 3. The normalized spacial score (nSPS) is 10.1. The van der Waals surface area contributed by atoms with Gasteiger partial charge in [-0.2, -0.15) is 5.10 Å². The zero-order valence-corrected chi connectivity index (χ0v) is 9.58. The molecule has 0 aliphatic rings. The van der Waals surface area contributed by atoms with Crippen LogP contribution >= 0.6 is 0 Å². The third-order valence-corrected chi connectivity index (χ3v) is 2.48. The van der Waals surface area contributed by atoms with Crippen LogP contribution in [0.15, 0.2) is 35.1 Å². The van der Waals surface area contributed by atoms with Gasteiger partial charge in [-0.15, -0.1) is 0 Å². The molecule has 2 aromatic rings. The molecule has 1 aromatic heterocycles. The fraction of sp³-hybridized carbons (Fsp3) is 0. The maximum atomic E-state index is 11.2. The highest BCUT2D eigenvalue weighted by Gasteiger charge is 2.12. The average molecular weight is 259 g/mol. The Labute approximate surface area is 106 Å². The van der Waals surface area contributed by atoms with Crippen LogP contribution in [0.4, 0.5) is 0 Å². The lowest BCUT2D eigenvalue weighted by Gasteiger charge is -2.03. The smallest absolute Gasteiger partial charge is 0.341 e. The van der Waals surface area contributed by atoms with E-state index in [2.05, 4.69) is 10.2 Å². The number of aromatic carboxylic acids is 1. The first-order valence-electron chi connectivity index (χ1n) is 5.22. The molecule has 0 atom stereocenters. The molecule has 2 rings (SSSR count). The van der Waals surface area contributed by atoms with E-state index < -0.39 is 23.0 Å². The summed E-state index contributed by atoms with van der Waals surface area (Å²) in [5.41, 5.74) is 4.92. The van der Waals surface area contributed by atoms with Gasteiger partial charge >= 0.3 is 5.97 Å². The molecule has 0 saturated carbocycles. The van der Waals surface area contributed by atoms with E-state index in [-0.39, 0.29) is 11.3 Å². The second-order valence-electron chi connectivity index (χ2n) is 3.75. The second kappa shape index (κ2) is 4.73. The minimum Gasteiger partial charge on any atom is -0.477 e. The number of aromatic nitrogens is 2. The van der Waals surface area contributed by atoms with E-state index in [0.717, 1.165) is 6.07 Å². The number of carbonyl (C=O) groups excluding carboxylic acids is 1. The first-order chi connectivity index (χ1) is 8.99. The average Bonchev–Trinajstić information content (AvgIpc) is 2.39. The Kier molecular flexibility index (Phi) is 3.11. The predicted octanol–water partition coefficient (Wildman–Crippen LogP) is 0.234. The van der Waals surface area contributed by atoms with Gasteiger partial charge in [-0.3, -0.25) is 9.59 Å². The molecule has 1 aromatic carbocycles. The summed E-state index contributed by atoms with van der Waals surface area (Å²) in [6, 6.07) is 7.34. The molecule has 96 valence electrons. The first-order valence-corrected chi connectivity index (χ1v) is 5.22. The van der Waals surface area contributed by atoms with Gasteiger partial charge in [0.05, 0.1) is 5.69 Å². The van der Waals surface area contributed by atoms with Crippen molar-refractivity contribution in [3.8, 4) is 11.3 Å². The highest BCUT2D eigenvalue weighted by Crippen LogP contribution is 2.17. The van der Waals surface area contributed by atoms with E-state index >= 15 is 0 Å². The van der Waals surface area contributed by atoms with Gasteiger partial charge in [0.2, 0.25) is 5.91 Å². The fourth-order valence-electron chi connectivity index (χ4n) is 1.54. The zero-order valence-electron chi connectivity index (χ0n) is 9.58. The van der Waals surface area contributed by atoms with Crippen molar-refractivity contribution in [3.63, 3.8) is 0 Å². The fourth-order valence-corrected chi connectivity index (χ4v) is 1.54. The summed E-state index contributed by atoms with van der Waals surface area (Å²) in [7, 11) is 0. The van der Waals surface area contributed by atoms with Gasteiger partial charge in [0.15, 0.2) is 0 Å². The van der Waals surface area contributed by atoms with Gasteiger partial charge in [-0.1, -0.05) is 12.1 Å². The van der Waals surface area contributed by atoms with Gasteiger partial charge in [0.25, 0.3) is 5.56 Å². The van der Waals surface area contributed by atoms with Gasteiger partial charge in [-0.05, 0) is 18.2 Å². The maximum absolute atomic E-state index is 11.2. The number of nitrogens with two attached hydrogens (primary N) is 1. The number of nitrogens with zero attached hydrogens (tertiary/aromatic N) is 1. The number of carbonyl (C=O) groups is 2. The quantitative estimate of drug-likeness (QED) is 0.727. The topological polar surface area (TPSA) is 126 Å². The predicted molar refractivity (Wildman–Crippen MR) is 65.8 cm³/mol. The molecule has 0 unspecified atom stereocenters. The van der Waals surface area contributed by atoms with Crippen molar-refractivity contribution in [1.82, 2.24) is 10.2 Å². The summed E-state index contributed by atoms with van der Waals surface area (Å²) in [5.74, 6) is -1.96. The summed E-state index contributed by atoms with van der Waals surface area (Å²) in [5, 5.41) is 14.7. The molecule has 1 amide bonds. The standard InChI is InChI=1S/C12H9N3O4/c13-10(16)7-3-1-2-6(4-7)9-5-8(12(18)19)11(17)15-14-9/h1-5H,(H2,13,16)(H,15,17)(H,18,19). The molecule has 0 radical (unpaired) electrons. The van der Waals surface area contributed by atoms with Crippen molar-refractivity contribution in [3.05, 3.63) is 51.8 Å². The van der Waals surface area contributed by atoms with Gasteiger partial charge in [0, 0.05) is 11.1 Å². The molecule has 0 spiro atoms. The van der Waals surface area contributed by atoms with E-state index in [4.69, 9.17) is 10.8 Å². The monoisotopic (exact) mass is 259 g/mol. The van der Waals surface area contributed by atoms with Gasteiger partial charge < -0.3 is 10.8 Å². The van der Waals surface area contributed by atoms with Crippen molar-refractivity contribution in [2.75, 3.05) is 0 Å². The number of H-pyrrole nitrogens is 1. The van der Waals surface area contributed by atoms with E-state index in [1.54, 1.807) is 12.1 Å². The Morgan fingerprint density at radius 1 is 1.26 bits per heavy atom. The van der Waals surface area contributed by atoms with Gasteiger partial charge in [-0.25, -0.2) is 9.89 Å². The lowest BCUT2D eigenvalue weighted by molar-refractivity contribution is 0.0694. The highest BCUT2D eigenvalue weighted by atomic mass is 16.4. The number of hydrogen-bond donors (Lipinski definition) is 3. The Hall–Kier alpha value is -2.96. The van der Waals surface area contributed by atoms with Crippen LogP contribution in [0.2, 0.25) is 0 Å². The van der Waals surface area contributed by atoms with Crippen LogP contribution in [0.1, 0.15) is 20.7 Å². The van der Waals surface area contributed by atoms with Crippen molar-refractivity contribution < 1.29 is 14.7 Å². The number of aromatic amines is 1. The van der Waals surface area contributed by atoms with Crippen LogP contribution in [-0.2, 0) is 0 Å². The van der Waals surface area contributed by atoms with Crippen LogP contribution in [0.25, 0.3) is 11.3 Å². The van der Waals surface area contributed by atoms with Crippen LogP contribution in [-0.4, -0.2) is 27.2 Å². The van der Waals surface area contributed by atoms with Crippen LogP contribution in [0, 0.1) is 0 Å². The second-order valence-corrected chi connectivity index (χ2v) is 3.75. The molecule has 7 nitrogen and oxygen atoms in total. The number of benzene rings is 1. The number of primary amides is 1. The molecule has 4 N–H and O–H groups in total. The zero-order chi connectivity index (χ0) is 14.0. The Morgan fingerprint density at radius 2 is 2.00 bits per heavy atom. The van der Waals surface area contributed by atoms with Crippen molar-refractivity contribution in [2.45, 2.75) is 0 Å². The van der Waals surface area contributed by atoms with Crippen molar-refractivity contribution >= 4 is 11.9 Å². The molecule has 7 heteroatoms. The maximum Gasteiger partial charge on any atom is 0.341 e. The molecule has 1 heterocycles. The third kappa shape index (κ3) is 2.49. The summed E-state index contributed by atoms with van der Waals surface area (Å²) in [4.78, 5) is 33.2. The number of carboxylic acids is 1. The van der Waals surface area contributed by atoms with Crippen molar-refractivity contribution in [1.29, 1.82) is 0 Å². The van der Waals surface area contributed by atoms with E-state index in [9.17, 15) is 14.4 Å². The Bertz CT molecular complexity index is 721. The lowest BCUT2D eigenvalue weighted by Crippen LogP contribution is -2.18. The van der Waals surface area contributed by atoms with E-state index in [1.165, 1.54) is 12.1 Å². The summed E-state index contributed by atoms with van der Waals surface area (Å²) in [6.07, 6.45) is 0. The molecule has 19 heavy (non-hydrogen) atoms. The number of nitrogens with one attached hydrogen (secondary N) is 1. The Morgan fingerprint density at radius 3 is 2.63 bits per heavy atom. The number of carboxylic acid groups (broad SMARTS) is 1. The van der Waals surface area contributed by atoms with Crippen molar-refractivity contribution in [2.24, 2.45) is 5.73 Å².